The minimum Gasteiger partial charge on any atom is -0.486 e. The number of carbonyl (C=O) groups is 1. The number of nitrogens with zero attached hydrogens (tertiary/aromatic N) is 2. The number of sulfonamides is 1. The zero-order valence-electron chi connectivity index (χ0n) is 18.4. The van der Waals surface area contributed by atoms with Gasteiger partial charge in [0.1, 0.15) is 16.9 Å². The Labute approximate surface area is 210 Å². The number of anilines is 1. The molecule has 15 heteroatoms. The molecule has 0 aliphatic carbocycles. The molecule has 0 fully saturated rings. The minimum atomic E-state index is -4.81. The highest BCUT2D eigenvalue weighted by molar-refractivity contribution is 7.92. The number of halogens is 6. The van der Waals surface area contributed by atoms with Gasteiger partial charge in [-0.15, -0.1) is 11.3 Å². The van der Waals surface area contributed by atoms with Gasteiger partial charge >= 0.3 is 18.3 Å². The van der Waals surface area contributed by atoms with Crippen LogP contribution in [0.25, 0.3) is 10.6 Å². The summed E-state index contributed by atoms with van der Waals surface area (Å²) in [4.78, 5) is 13.9. The second-order valence-electron chi connectivity index (χ2n) is 7.95. The van der Waals surface area contributed by atoms with Gasteiger partial charge in [0.15, 0.2) is 5.69 Å². The Hall–Kier alpha value is -3.33. The van der Waals surface area contributed by atoms with Crippen LogP contribution < -0.4 is 9.04 Å². The molecule has 1 atom stereocenters. The lowest BCUT2D eigenvalue weighted by Gasteiger charge is -2.35. The predicted octanol–water partition coefficient (Wildman–Crippen LogP) is 5.67. The van der Waals surface area contributed by atoms with E-state index in [4.69, 9.17) is 9.84 Å². The lowest BCUT2D eigenvalue weighted by molar-refractivity contribution is -0.141. The number of carboxylic acids is 1. The Morgan fingerprint density at radius 1 is 1.11 bits per heavy atom. The number of alkyl halides is 6. The number of ether oxygens (including phenoxy) is 1. The van der Waals surface area contributed by atoms with Crippen LogP contribution in [-0.4, -0.2) is 37.1 Å². The van der Waals surface area contributed by atoms with Crippen LogP contribution in [-0.2, 0) is 27.2 Å². The van der Waals surface area contributed by atoms with Crippen molar-refractivity contribution < 1.29 is 49.4 Å². The summed E-state index contributed by atoms with van der Waals surface area (Å²) < 4.78 is 112. The second kappa shape index (κ2) is 9.52. The first-order chi connectivity index (χ1) is 17.2. The van der Waals surface area contributed by atoms with E-state index >= 15 is 0 Å². The van der Waals surface area contributed by atoms with Gasteiger partial charge in [0, 0.05) is 17.4 Å². The molecule has 1 aromatic heterocycles. The molecule has 1 aliphatic rings. The van der Waals surface area contributed by atoms with Gasteiger partial charge < -0.3 is 9.84 Å². The summed E-state index contributed by atoms with van der Waals surface area (Å²) in [6, 6.07) is 6.95. The van der Waals surface area contributed by atoms with Crippen molar-refractivity contribution in [3.63, 3.8) is 0 Å². The van der Waals surface area contributed by atoms with Gasteiger partial charge in [0.2, 0.25) is 0 Å². The fourth-order valence-corrected chi connectivity index (χ4v) is 5.97. The topological polar surface area (TPSA) is 96.8 Å². The predicted molar refractivity (Wildman–Crippen MR) is 120 cm³/mol. The van der Waals surface area contributed by atoms with Gasteiger partial charge in [0.25, 0.3) is 10.0 Å². The van der Waals surface area contributed by atoms with E-state index in [0.717, 1.165) is 21.8 Å². The quantitative estimate of drug-likeness (QED) is 0.387. The smallest absolute Gasteiger partial charge is 0.434 e. The zero-order chi connectivity index (χ0) is 27.2. The number of aliphatic carboxylic acids is 1. The van der Waals surface area contributed by atoms with Crippen LogP contribution >= 0.6 is 11.3 Å². The summed E-state index contributed by atoms with van der Waals surface area (Å²) in [5.41, 5.74) is -2.34. The van der Waals surface area contributed by atoms with Crippen LogP contribution in [0.2, 0.25) is 0 Å². The van der Waals surface area contributed by atoms with Gasteiger partial charge in [-0.05, 0) is 42.8 Å². The van der Waals surface area contributed by atoms with E-state index in [2.05, 4.69) is 4.98 Å². The molecule has 0 saturated heterocycles. The number of aromatic nitrogens is 1. The molecule has 0 unspecified atom stereocenters. The summed E-state index contributed by atoms with van der Waals surface area (Å²) in [7, 11) is -4.64. The van der Waals surface area contributed by atoms with Gasteiger partial charge in [-0.3, -0.25) is 9.10 Å². The van der Waals surface area contributed by atoms with E-state index < -0.39 is 57.1 Å². The molecule has 0 saturated carbocycles. The van der Waals surface area contributed by atoms with E-state index in [9.17, 15) is 39.6 Å². The molecular formula is C22H16F6N2O5S2. The number of carboxylic acid groups (broad SMARTS) is 1. The van der Waals surface area contributed by atoms with Crippen LogP contribution in [0.1, 0.15) is 24.1 Å². The normalized spacial score (nSPS) is 16.3. The maximum atomic E-state index is 13.5. The number of benzene rings is 2. The van der Waals surface area contributed by atoms with Crippen molar-refractivity contribution in [3.8, 4) is 16.3 Å². The summed E-state index contributed by atoms with van der Waals surface area (Å²) in [5, 5.41) is 9.72. The lowest BCUT2D eigenvalue weighted by atomic mass is 10.1. The Kier molecular flexibility index (Phi) is 6.88. The van der Waals surface area contributed by atoms with E-state index in [1.165, 1.54) is 18.2 Å². The first-order valence-corrected chi connectivity index (χ1v) is 12.7. The first kappa shape index (κ1) is 26.7. The highest BCUT2D eigenvalue weighted by Gasteiger charge is 2.38. The van der Waals surface area contributed by atoms with Crippen LogP contribution in [0.5, 0.6) is 5.75 Å². The maximum absolute atomic E-state index is 13.5. The van der Waals surface area contributed by atoms with E-state index in [0.29, 0.717) is 23.5 Å². The van der Waals surface area contributed by atoms with Crippen LogP contribution in [0.15, 0.2) is 52.7 Å². The molecule has 3 aromatic rings. The van der Waals surface area contributed by atoms with Crippen LogP contribution in [0.3, 0.4) is 0 Å². The molecule has 198 valence electrons. The summed E-state index contributed by atoms with van der Waals surface area (Å²) in [6.45, 7) is -0.437. The number of rotatable bonds is 6. The molecule has 37 heavy (non-hydrogen) atoms. The molecular weight excluding hydrogens is 550 g/mol. The van der Waals surface area contributed by atoms with Gasteiger partial charge in [-0.25, -0.2) is 13.4 Å². The molecule has 1 N–H and O–H groups in total. The number of thiazole rings is 1. The van der Waals surface area contributed by atoms with Crippen LogP contribution in [0, 0.1) is 0 Å². The third-order valence-corrected chi connectivity index (χ3v) is 8.03. The standard InChI is InChI=1S/C22H16F6N2O5S2/c23-21(24,25)13-2-1-3-15(9-13)37(33,34)30-10-14(5-7-19(31)32)35-17-6-4-12(8-16(17)30)20-29-18(11-36-20)22(26,27)28/h1-4,6,8-9,11,14H,5,7,10H2,(H,31,32)/t14-/m0/s1. The molecule has 2 heterocycles. The third-order valence-electron chi connectivity index (χ3n) is 5.36. The largest absolute Gasteiger partial charge is 0.486 e. The average Bonchev–Trinajstić information content (AvgIpc) is 3.32. The van der Waals surface area contributed by atoms with Crippen molar-refractivity contribution >= 4 is 33.0 Å². The van der Waals surface area contributed by atoms with Crippen molar-refractivity contribution in [1.82, 2.24) is 4.98 Å². The Bertz CT molecular complexity index is 1440. The molecule has 2 aromatic carbocycles. The molecule has 0 amide bonds. The van der Waals surface area contributed by atoms with Crippen molar-refractivity contribution in [1.29, 1.82) is 0 Å². The number of hydrogen-bond acceptors (Lipinski definition) is 6. The van der Waals surface area contributed by atoms with Gasteiger partial charge in [-0.1, -0.05) is 6.07 Å². The van der Waals surface area contributed by atoms with Crippen molar-refractivity contribution in [2.75, 3.05) is 10.8 Å². The Morgan fingerprint density at radius 3 is 2.46 bits per heavy atom. The third kappa shape index (κ3) is 5.66. The molecule has 0 radical (unpaired) electrons. The fourth-order valence-electron chi connectivity index (χ4n) is 3.60. The van der Waals surface area contributed by atoms with Gasteiger partial charge in [-0.2, -0.15) is 26.3 Å². The Balaban J connectivity index is 1.80. The summed E-state index contributed by atoms with van der Waals surface area (Å²) in [6.07, 6.45) is -10.9. The van der Waals surface area contributed by atoms with Crippen LogP contribution in [0.4, 0.5) is 32.0 Å². The summed E-state index contributed by atoms with van der Waals surface area (Å²) >= 11 is 0.672. The SMILES string of the molecule is O=C(O)CC[C@H]1CN(S(=O)(=O)c2cccc(C(F)(F)F)c2)c2cc(-c3nc(C(F)(F)F)cs3)ccc2O1. The highest BCUT2D eigenvalue weighted by Crippen LogP contribution is 2.42. The minimum absolute atomic E-state index is 0.0338. The molecule has 4 rings (SSSR count). The van der Waals surface area contributed by atoms with Crippen molar-refractivity contribution in [2.24, 2.45) is 0 Å². The number of fused-ring (bicyclic) bond motifs is 1. The lowest BCUT2D eigenvalue weighted by Crippen LogP contribution is -2.43. The first-order valence-electron chi connectivity index (χ1n) is 10.4. The molecule has 1 aliphatic heterocycles. The monoisotopic (exact) mass is 566 g/mol. The fraction of sp³-hybridized carbons (Fsp3) is 0.273. The Morgan fingerprint density at radius 2 is 1.84 bits per heavy atom. The molecule has 0 spiro atoms. The molecule has 7 nitrogen and oxygen atoms in total. The van der Waals surface area contributed by atoms with Crippen molar-refractivity contribution in [3.05, 3.63) is 59.1 Å². The van der Waals surface area contributed by atoms with E-state index in [-0.39, 0.29) is 34.8 Å². The highest BCUT2D eigenvalue weighted by atomic mass is 32.2. The molecule has 0 bridgehead atoms. The van der Waals surface area contributed by atoms with E-state index in [1.807, 2.05) is 0 Å². The van der Waals surface area contributed by atoms with Gasteiger partial charge in [0.05, 0.1) is 22.7 Å². The maximum Gasteiger partial charge on any atom is 0.434 e. The zero-order valence-corrected chi connectivity index (χ0v) is 20.0. The average molecular weight is 567 g/mol. The second-order valence-corrected chi connectivity index (χ2v) is 10.7. The summed E-state index contributed by atoms with van der Waals surface area (Å²) in [5.74, 6) is -1.20. The van der Waals surface area contributed by atoms with Crippen molar-refractivity contribution in [2.45, 2.75) is 36.2 Å². The number of hydrogen-bond donors (Lipinski definition) is 1. The van der Waals surface area contributed by atoms with E-state index in [1.54, 1.807) is 0 Å².